The molecule has 5 heteroatoms. The molecule has 0 saturated carbocycles. The van der Waals surface area contributed by atoms with Gasteiger partial charge in [-0.3, -0.25) is 0 Å². The van der Waals surface area contributed by atoms with Gasteiger partial charge in [0.15, 0.2) is 0 Å². The van der Waals surface area contributed by atoms with Crippen LogP contribution in [0.5, 0.6) is 0 Å². The topological polar surface area (TPSA) is 52.6 Å². The SMILES string of the molecule is C[CH2][Sn]([CH2]C)([CH2]C)[O]C(=O)CCCOC(C)=O. The van der Waals surface area contributed by atoms with Crippen molar-refractivity contribution in [2.75, 3.05) is 6.61 Å². The molecular formula is C12H24O4Sn. The van der Waals surface area contributed by atoms with Crippen LogP contribution in [-0.4, -0.2) is 37.3 Å². The number of esters is 1. The summed E-state index contributed by atoms with van der Waals surface area (Å²) < 4.78 is 13.6. The molecule has 0 heterocycles. The Bertz CT molecular complexity index is 241. The maximum absolute atomic E-state index is 11.7. The van der Waals surface area contributed by atoms with Crippen LogP contribution in [0.15, 0.2) is 0 Å². The van der Waals surface area contributed by atoms with Gasteiger partial charge < -0.3 is 0 Å². The molecule has 0 radical (unpaired) electrons. The van der Waals surface area contributed by atoms with Gasteiger partial charge in [-0.2, -0.15) is 0 Å². The van der Waals surface area contributed by atoms with Crippen molar-refractivity contribution < 1.29 is 17.4 Å². The minimum absolute atomic E-state index is 0.112. The Morgan fingerprint density at radius 2 is 1.59 bits per heavy atom. The summed E-state index contributed by atoms with van der Waals surface area (Å²) in [6, 6.07) is 0. The molecule has 4 nitrogen and oxygen atoms in total. The monoisotopic (exact) mass is 352 g/mol. The van der Waals surface area contributed by atoms with Gasteiger partial charge in [0.1, 0.15) is 0 Å². The summed E-state index contributed by atoms with van der Waals surface area (Å²) >= 11 is -2.59. The molecule has 0 rings (SSSR count). The molecule has 0 atom stereocenters. The summed E-state index contributed by atoms with van der Waals surface area (Å²) in [5, 5.41) is 0. The van der Waals surface area contributed by atoms with E-state index in [0.29, 0.717) is 19.4 Å². The van der Waals surface area contributed by atoms with Crippen molar-refractivity contribution >= 4 is 30.7 Å². The molecule has 0 aromatic rings. The van der Waals surface area contributed by atoms with Gasteiger partial charge in [0.2, 0.25) is 0 Å². The van der Waals surface area contributed by atoms with Crippen molar-refractivity contribution in [1.29, 1.82) is 0 Å². The Morgan fingerprint density at radius 3 is 2.00 bits per heavy atom. The van der Waals surface area contributed by atoms with Gasteiger partial charge in [-0.15, -0.1) is 0 Å². The molecule has 0 spiro atoms. The predicted octanol–water partition coefficient (Wildman–Crippen LogP) is 2.88. The third kappa shape index (κ3) is 6.91. The average Bonchev–Trinajstić information content (AvgIpc) is 2.32. The molecule has 0 aromatic carbocycles. The summed E-state index contributed by atoms with van der Waals surface area (Å²) in [5.74, 6) is -0.416. The first-order valence-corrected chi connectivity index (χ1v) is 13.6. The van der Waals surface area contributed by atoms with E-state index >= 15 is 0 Å². The van der Waals surface area contributed by atoms with E-state index in [9.17, 15) is 9.59 Å². The molecule has 0 aromatic heterocycles. The number of hydrogen-bond donors (Lipinski definition) is 0. The van der Waals surface area contributed by atoms with E-state index < -0.39 is 18.8 Å². The fourth-order valence-electron chi connectivity index (χ4n) is 1.69. The normalized spacial score (nSPS) is 11.1. The van der Waals surface area contributed by atoms with Gasteiger partial charge in [-0.1, -0.05) is 0 Å². The molecule has 0 amide bonds. The van der Waals surface area contributed by atoms with Crippen LogP contribution in [0.2, 0.25) is 13.3 Å². The minimum atomic E-state index is -2.59. The quantitative estimate of drug-likeness (QED) is 0.383. The Kier molecular flexibility index (Phi) is 8.64. The van der Waals surface area contributed by atoms with Crippen molar-refractivity contribution in [3.8, 4) is 0 Å². The zero-order valence-electron chi connectivity index (χ0n) is 11.4. The van der Waals surface area contributed by atoms with Crippen LogP contribution in [0.25, 0.3) is 0 Å². The molecular weight excluding hydrogens is 327 g/mol. The van der Waals surface area contributed by atoms with Crippen LogP contribution >= 0.6 is 0 Å². The predicted molar refractivity (Wildman–Crippen MR) is 69.2 cm³/mol. The molecule has 0 bridgehead atoms. The zero-order chi connectivity index (χ0) is 13.3. The third-order valence-electron chi connectivity index (χ3n) is 3.09. The average molecular weight is 351 g/mol. The summed E-state index contributed by atoms with van der Waals surface area (Å²) in [7, 11) is 0. The molecule has 100 valence electrons. The van der Waals surface area contributed by atoms with Crippen molar-refractivity contribution in [2.24, 2.45) is 0 Å². The van der Waals surface area contributed by atoms with E-state index in [1.165, 1.54) is 6.92 Å². The molecule has 0 saturated heterocycles. The van der Waals surface area contributed by atoms with Crippen LogP contribution in [0.4, 0.5) is 0 Å². The number of ether oxygens (including phenoxy) is 1. The van der Waals surface area contributed by atoms with Gasteiger partial charge in [-0.25, -0.2) is 0 Å². The van der Waals surface area contributed by atoms with E-state index in [4.69, 9.17) is 7.81 Å². The van der Waals surface area contributed by atoms with Crippen molar-refractivity contribution in [3.63, 3.8) is 0 Å². The van der Waals surface area contributed by atoms with Gasteiger partial charge >= 0.3 is 109 Å². The van der Waals surface area contributed by atoms with E-state index in [0.717, 1.165) is 13.3 Å². The van der Waals surface area contributed by atoms with E-state index in [2.05, 4.69) is 20.8 Å². The number of hydrogen-bond acceptors (Lipinski definition) is 4. The number of carbonyl (C=O) groups excluding carboxylic acids is 2. The van der Waals surface area contributed by atoms with Crippen LogP contribution in [0.3, 0.4) is 0 Å². The van der Waals surface area contributed by atoms with Crippen molar-refractivity contribution in [1.82, 2.24) is 0 Å². The summed E-state index contributed by atoms with van der Waals surface area (Å²) in [5.41, 5.74) is 0. The zero-order valence-corrected chi connectivity index (χ0v) is 14.2. The second kappa shape index (κ2) is 8.78. The second-order valence-corrected chi connectivity index (χ2v) is 17.6. The van der Waals surface area contributed by atoms with Crippen molar-refractivity contribution in [2.45, 2.75) is 53.8 Å². The van der Waals surface area contributed by atoms with Crippen LogP contribution in [-0.2, 0) is 17.4 Å². The van der Waals surface area contributed by atoms with E-state index in [-0.39, 0.29) is 11.9 Å². The summed E-state index contributed by atoms with van der Waals surface area (Å²) in [6.45, 7) is 8.03. The van der Waals surface area contributed by atoms with Crippen LogP contribution < -0.4 is 0 Å². The first-order valence-electron chi connectivity index (χ1n) is 6.34. The summed E-state index contributed by atoms with van der Waals surface area (Å²) in [4.78, 5) is 22.2. The molecule has 0 N–H and O–H groups in total. The van der Waals surface area contributed by atoms with Gasteiger partial charge in [-0.05, 0) is 0 Å². The fourth-order valence-corrected chi connectivity index (χ4v) is 8.88. The van der Waals surface area contributed by atoms with Crippen molar-refractivity contribution in [3.05, 3.63) is 0 Å². The first-order chi connectivity index (χ1) is 7.99. The summed E-state index contributed by atoms with van der Waals surface area (Å²) in [6.07, 6.45) is 0.906. The molecule has 0 unspecified atom stereocenters. The maximum atomic E-state index is 11.7. The number of carbonyl (C=O) groups is 2. The van der Waals surface area contributed by atoms with Gasteiger partial charge in [0.05, 0.1) is 0 Å². The first kappa shape index (κ1) is 16.7. The molecule has 17 heavy (non-hydrogen) atoms. The fraction of sp³-hybridized carbons (Fsp3) is 0.833. The standard InChI is InChI=1S/C6H10O4.3C2H5.Sn/c1-5(7)10-4-2-3-6(8)9;3*1-2;/h2-4H2,1H3,(H,8,9);3*1H2,2H3;/q;;;;+1/p-1. The molecule has 0 aliphatic carbocycles. The molecule has 0 fully saturated rings. The Hall–Kier alpha value is -0.261. The molecule has 0 aliphatic rings. The van der Waals surface area contributed by atoms with E-state index in [1.54, 1.807) is 0 Å². The molecule has 0 aliphatic heterocycles. The Balaban J connectivity index is 3.95. The second-order valence-electron chi connectivity index (χ2n) is 4.16. The Labute approximate surface area is 108 Å². The Morgan fingerprint density at radius 1 is 1.06 bits per heavy atom. The van der Waals surface area contributed by atoms with Gasteiger partial charge in [0, 0.05) is 0 Å². The third-order valence-corrected chi connectivity index (χ3v) is 16.0. The van der Waals surface area contributed by atoms with Crippen LogP contribution in [0.1, 0.15) is 40.5 Å². The van der Waals surface area contributed by atoms with E-state index in [1.807, 2.05) is 0 Å². The van der Waals surface area contributed by atoms with Gasteiger partial charge in [0.25, 0.3) is 0 Å². The number of rotatable bonds is 8. The van der Waals surface area contributed by atoms with Crippen LogP contribution in [0, 0.1) is 0 Å².